The van der Waals surface area contributed by atoms with Gasteiger partial charge in [-0.3, -0.25) is 4.72 Å². The van der Waals surface area contributed by atoms with Crippen molar-refractivity contribution in [1.82, 2.24) is 9.97 Å². The first-order chi connectivity index (χ1) is 7.74. The summed E-state index contributed by atoms with van der Waals surface area (Å²) in [6.45, 7) is 0. The topological polar surface area (TPSA) is 37.8 Å². The Morgan fingerprint density at radius 3 is 2.56 bits per heavy atom. The molecular weight excluding hydrogens is 265 g/mol. The number of nitrogens with zero attached hydrogens (tertiary/aromatic N) is 2. The third-order valence-electron chi connectivity index (χ3n) is 1.88. The second-order valence-electron chi connectivity index (χ2n) is 3.13. The number of hydrogen-bond acceptors (Lipinski definition) is 4. The second kappa shape index (κ2) is 5.57. The molecule has 3 nitrogen and oxygen atoms in total. The van der Waals surface area contributed by atoms with Crippen LogP contribution >= 0.6 is 35.1 Å². The molecular formula is C10H9Cl2N3S. The Bertz CT molecular complexity index is 425. The van der Waals surface area contributed by atoms with Gasteiger partial charge in [0.25, 0.3) is 0 Å². The zero-order valence-electron chi connectivity index (χ0n) is 8.28. The highest BCUT2D eigenvalue weighted by atomic mass is 35.5. The predicted molar refractivity (Wildman–Crippen MR) is 69.7 cm³/mol. The minimum Gasteiger partial charge on any atom is -0.294 e. The van der Waals surface area contributed by atoms with E-state index in [1.165, 1.54) is 18.0 Å². The average Bonchev–Trinajstić information content (AvgIpc) is 2.27. The highest BCUT2D eigenvalue weighted by Crippen LogP contribution is 2.24. The Morgan fingerprint density at radius 1 is 1.19 bits per heavy atom. The van der Waals surface area contributed by atoms with Crippen molar-refractivity contribution in [1.29, 1.82) is 0 Å². The molecule has 84 valence electrons. The van der Waals surface area contributed by atoms with Gasteiger partial charge in [-0.1, -0.05) is 41.4 Å². The molecule has 0 aliphatic heterocycles. The fourth-order valence-electron chi connectivity index (χ4n) is 1.21. The first-order valence-corrected chi connectivity index (χ1v) is 6.31. The average molecular weight is 274 g/mol. The molecule has 0 atom stereocenters. The summed E-state index contributed by atoms with van der Waals surface area (Å²) in [5.74, 6) is 0.419. The van der Waals surface area contributed by atoms with E-state index >= 15 is 0 Å². The van der Waals surface area contributed by atoms with Gasteiger partial charge in [-0.25, -0.2) is 9.97 Å². The van der Waals surface area contributed by atoms with E-state index in [9.17, 15) is 0 Å². The van der Waals surface area contributed by atoms with Crippen LogP contribution in [0.25, 0.3) is 0 Å². The molecule has 0 saturated carbocycles. The van der Waals surface area contributed by atoms with Crippen LogP contribution in [-0.4, -0.2) is 9.97 Å². The van der Waals surface area contributed by atoms with E-state index < -0.39 is 0 Å². The Balaban J connectivity index is 1.99. The molecule has 1 heterocycles. The first-order valence-electron chi connectivity index (χ1n) is 4.74. The molecule has 0 amide bonds. The lowest BCUT2D eigenvalue weighted by molar-refractivity contribution is 1.03. The zero-order chi connectivity index (χ0) is 11.4. The van der Waals surface area contributed by atoms with Gasteiger partial charge in [-0.05, 0) is 24.8 Å². The number of aromatic nitrogens is 2. The number of halogens is 2. The molecule has 16 heavy (non-hydrogen) atoms. The van der Waals surface area contributed by atoms with Gasteiger partial charge in [0.15, 0.2) is 0 Å². The summed E-state index contributed by atoms with van der Waals surface area (Å²) in [7, 11) is 0. The van der Waals surface area contributed by atoms with Crippen LogP contribution in [0.2, 0.25) is 10.3 Å². The van der Waals surface area contributed by atoms with Crippen molar-refractivity contribution >= 4 is 41.1 Å². The van der Waals surface area contributed by atoms with Gasteiger partial charge in [-0.2, -0.15) is 0 Å². The van der Waals surface area contributed by atoms with Crippen LogP contribution in [0.5, 0.6) is 0 Å². The minimum atomic E-state index is 0.330. The van der Waals surface area contributed by atoms with E-state index in [1.54, 1.807) is 0 Å². The Kier molecular flexibility index (Phi) is 4.09. The SMILES string of the molecule is Clc1cc(Cl)nc(NSC2=CCCC=C2)n1. The van der Waals surface area contributed by atoms with Gasteiger partial charge in [0, 0.05) is 11.0 Å². The molecule has 0 saturated heterocycles. The summed E-state index contributed by atoms with van der Waals surface area (Å²) in [6.07, 6.45) is 8.52. The molecule has 0 unspecified atom stereocenters. The lowest BCUT2D eigenvalue weighted by atomic mass is 10.2. The monoisotopic (exact) mass is 273 g/mol. The van der Waals surface area contributed by atoms with Gasteiger partial charge < -0.3 is 0 Å². The third-order valence-corrected chi connectivity index (χ3v) is 3.10. The summed E-state index contributed by atoms with van der Waals surface area (Å²) in [5.41, 5.74) is 0. The van der Waals surface area contributed by atoms with E-state index in [2.05, 4.69) is 32.9 Å². The van der Waals surface area contributed by atoms with Crippen LogP contribution in [-0.2, 0) is 0 Å². The van der Waals surface area contributed by atoms with E-state index in [1.807, 2.05) is 0 Å². The number of allylic oxidation sites excluding steroid dienone is 3. The van der Waals surface area contributed by atoms with Gasteiger partial charge >= 0.3 is 0 Å². The molecule has 1 aliphatic rings. The minimum absolute atomic E-state index is 0.330. The zero-order valence-corrected chi connectivity index (χ0v) is 10.6. The molecule has 0 fully saturated rings. The summed E-state index contributed by atoms with van der Waals surface area (Å²) in [4.78, 5) is 9.15. The maximum Gasteiger partial charge on any atom is 0.235 e. The normalized spacial score (nSPS) is 14.8. The van der Waals surface area contributed by atoms with E-state index in [-0.39, 0.29) is 0 Å². The number of rotatable bonds is 3. The van der Waals surface area contributed by atoms with Crippen molar-refractivity contribution in [2.75, 3.05) is 4.72 Å². The number of hydrogen-bond donors (Lipinski definition) is 1. The molecule has 1 aromatic heterocycles. The highest BCUT2D eigenvalue weighted by Gasteiger charge is 2.03. The molecule has 0 bridgehead atoms. The van der Waals surface area contributed by atoms with Crippen molar-refractivity contribution in [3.63, 3.8) is 0 Å². The third kappa shape index (κ3) is 3.40. The molecule has 1 N–H and O–H groups in total. The Labute approximate surface area is 108 Å². The number of nitrogens with one attached hydrogen (secondary N) is 1. The lowest BCUT2D eigenvalue weighted by Gasteiger charge is -2.07. The van der Waals surface area contributed by atoms with Crippen molar-refractivity contribution in [3.8, 4) is 0 Å². The quantitative estimate of drug-likeness (QED) is 0.665. The van der Waals surface area contributed by atoms with Gasteiger partial charge in [0.05, 0.1) is 0 Å². The maximum absolute atomic E-state index is 5.76. The fraction of sp³-hybridized carbons (Fsp3) is 0.200. The van der Waals surface area contributed by atoms with Crippen LogP contribution in [0.4, 0.5) is 5.95 Å². The van der Waals surface area contributed by atoms with E-state index in [0.717, 1.165) is 17.7 Å². The molecule has 6 heteroatoms. The van der Waals surface area contributed by atoms with E-state index in [4.69, 9.17) is 23.2 Å². The fourth-order valence-corrected chi connectivity index (χ4v) is 2.29. The smallest absolute Gasteiger partial charge is 0.235 e. The Morgan fingerprint density at radius 2 is 1.94 bits per heavy atom. The van der Waals surface area contributed by atoms with Crippen LogP contribution in [0.3, 0.4) is 0 Å². The molecule has 0 aromatic carbocycles. The van der Waals surface area contributed by atoms with Crippen LogP contribution in [0.1, 0.15) is 12.8 Å². The molecule has 0 spiro atoms. The molecule has 0 radical (unpaired) electrons. The summed E-state index contributed by atoms with van der Waals surface area (Å²) < 4.78 is 3.00. The van der Waals surface area contributed by atoms with Gasteiger partial charge in [0.1, 0.15) is 10.3 Å². The first kappa shape index (κ1) is 11.8. The summed E-state index contributed by atoms with van der Waals surface area (Å²) in [6, 6.07) is 1.50. The van der Waals surface area contributed by atoms with Crippen LogP contribution in [0.15, 0.2) is 29.2 Å². The largest absolute Gasteiger partial charge is 0.294 e. The molecule has 1 aliphatic carbocycles. The van der Waals surface area contributed by atoms with Crippen molar-refractivity contribution in [2.24, 2.45) is 0 Å². The summed E-state index contributed by atoms with van der Waals surface area (Å²) in [5, 5.41) is 0.660. The van der Waals surface area contributed by atoms with Gasteiger partial charge in [-0.15, -0.1) is 0 Å². The van der Waals surface area contributed by atoms with Crippen molar-refractivity contribution in [2.45, 2.75) is 12.8 Å². The van der Waals surface area contributed by atoms with Crippen molar-refractivity contribution in [3.05, 3.63) is 39.5 Å². The maximum atomic E-state index is 5.76. The van der Waals surface area contributed by atoms with Gasteiger partial charge in [0.2, 0.25) is 5.95 Å². The predicted octanol–water partition coefficient (Wildman–Crippen LogP) is 4.08. The lowest BCUT2D eigenvalue weighted by Crippen LogP contribution is -1.95. The Hall–Kier alpha value is -0.710. The van der Waals surface area contributed by atoms with Crippen LogP contribution < -0.4 is 4.72 Å². The summed E-state index contributed by atoms with van der Waals surface area (Å²) >= 11 is 13.0. The molecule has 2 rings (SSSR count). The van der Waals surface area contributed by atoms with Crippen molar-refractivity contribution < 1.29 is 0 Å². The molecule has 1 aromatic rings. The standard InChI is InChI=1S/C10H9Cl2N3S/c11-8-6-9(12)14-10(13-8)15-16-7-4-2-1-3-5-7/h2,4-6H,1,3H2,(H,13,14,15). The highest BCUT2D eigenvalue weighted by molar-refractivity contribution is 8.04. The number of anilines is 1. The van der Waals surface area contributed by atoms with E-state index in [0.29, 0.717) is 16.3 Å². The second-order valence-corrected chi connectivity index (χ2v) is 4.78. The van der Waals surface area contributed by atoms with Crippen LogP contribution in [0, 0.1) is 0 Å².